The molecule has 1 aliphatic rings. The first-order chi connectivity index (χ1) is 12.1. The van der Waals surface area contributed by atoms with Crippen molar-refractivity contribution in [2.45, 2.75) is 33.1 Å². The first-order valence-corrected chi connectivity index (χ1v) is 8.78. The molecule has 134 valence electrons. The van der Waals surface area contributed by atoms with Gasteiger partial charge >= 0.3 is 0 Å². The molecule has 1 saturated heterocycles. The van der Waals surface area contributed by atoms with Crippen molar-refractivity contribution in [2.75, 3.05) is 19.7 Å². The molecule has 2 N–H and O–H groups in total. The minimum absolute atomic E-state index is 0.0547. The Bertz CT molecular complexity index is 791. The second kappa shape index (κ2) is 7.13. The SMILES string of the molecule is CCOc1cccn2c(C(=O)N3CCC(C(N)=O)CC3)c(CC)nc12. The molecule has 3 heterocycles. The number of piperidine rings is 1. The second-order valence-corrected chi connectivity index (χ2v) is 6.23. The number of aromatic nitrogens is 2. The van der Waals surface area contributed by atoms with Gasteiger partial charge in [-0.3, -0.25) is 14.0 Å². The van der Waals surface area contributed by atoms with E-state index >= 15 is 0 Å². The second-order valence-electron chi connectivity index (χ2n) is 6.23. The van der Waals surface area contributed by atoms with Crippen LogP contribution in [0.15, 0.2) is 18.3 Å². The van der Waals surface area contributed by atoms with Crippen LogP contribution in [0.25, 0.3) is 5.65 Å². The molecule has 1 aliphatic heterocycles. The largest absolute Gasteiger partial charge is 0.490 e. The highest BCUT2D eigenvalue weighted by atomic mass is 16.5. The fourth-order valence-corrected chi connectivity index (χ4v) is 3.35. The Morgan fingerprint density at radius 2 is 2.04 bits per heavy atom. The van der Waals surface area contributed by atoms with E-state index in [0.29, 0.717) is 56.0 Å². The molecule has 2 aromatic heterocycles. The quantitative estimate of drug-likeness (QED) is 0.893. The van der Waals surface area contributed by atoms with Crippen LogP contribution in [0.2, 0.25) is 0 Å². The number of carbonyl (C=O) groups is 2. The number of likely N-dealkylation sites (tertiary alicyclic amines) is 1. The summed E-state index contributed by atoms with van der Waals surface area (Å²) in [5.41, 5.74) is 7.38. The molecule has 0 saturated carbocycles. The van der Waals surface area contributed by atoms with Crippen LogP contribution < -0.4 is 10.5 Å². The van der Waals surface area contributed by atoms with Crippen LogP contribution in [0.1, 0.15) is 42.9 Å². The summed E-state index contributed by atoms with van der Waals surface area (Å²) in [6, 6.07) is 3.72. The lowest BCUT2D eigenvalue weighted by molar-refractivity contribution is -0.123. The summed E-state index contributed by atoms with van der Waals surface area (Å²) in [6.07, 6.45) is 3.73. The summed E-state index contributed by atoms with van der Waals surface area (Å²) < 4.78 is 7.45. The lowest BCUT2D eigenvalue weighted by atomic mass is 9.96. The zero-order chi connectivity index (χ0) is 18.0. The van der Waals surface area contributed by atoms with Crippen LogP contribution in [0.4, 0.5) is 0 Å². The number of pyridine rings is 1. The van der Waals surface area contributed by atoms with Gasteiger partial charge in [-0.05, 0) is 38.3 Å². The first kappa shape index (κ1) is 17.3. The smallest absolute Gasteiger partial charge is 0.272 e. The number of primary amides is 1. The van der Waals surface area contributed by atoms with Gasteiger partial charge in [-0.2, -0.15) is 0 Å². The number of imidazole rings is 1. The molecule has 25 heavy (non-hydrogen) atoms. The summed E-state index contributed by atoms with van der Waals surface area (Å²) in [7, 11) is 0. The molecule has 1 fully saturated rings. The lowest BCUT2D eigenvalue weighted by Gasteiger charge is -2.30. The lowest BCUT2D eigenvalue weighted by Crippen LogP contribution is -2.42. The van der Waals surface area contributed by atoms with Crippen LogP contribution in [-0.2, 0) is 11.2 Å². The average molecular weight is 344 g/mol. The molecule has 0 aliphatic carbocycles. The van der Waals surface area contributed by atoms with E-state index < -0.39 is 0 Å². The van der Waals surface area contributed by atoms with E-state index in [1.165, 1.54) is 0 Å². The number of carbonyl (C=O) groups excluding carboxylic acids is 2. The highest BCUT2D eigenvalue weighted by Crippen LogP contribution is 2.25. The van der Waals surface area contributed by atoms with Gasteiger partial charge in [0.1, 0.15) is 5.69 Å². The number of aryl methyl sites for hydroxylation is 1. The summed E-state index contributed by atoms with van der Waals surface area (Å²) >= 11 is 0. The molecule has 7 heteroatoms. The summed E-state index contributed by atoms with van der Waals surface area (Å²) in [5.74, 6) is 0.200. The van der Waals surface area contributed by atoms with E-state index in [0.717, 1.165) is 5.69 Å². The molecule has 0 aromatic carbocycles. The van der Waals surface area contributed by atoms with Crippen LogP contribution >= 0.6 is 0 Å². The Balaban J connectivity index is 1.93. The number of ether oxygens (including phenoxy) is 1. The number of rotatable bonds is 5. The van der Waals surface area contributed by atoms with Gasteiger partial charge in [0.05, 0.1) is 12.3 Å². The third-order valence-corrected chi connectivity index (χ3v) is 4.71. The Morgan fingerprint density at radius 3 is 2.64 bits per heavy atom. The van der Waals surface area contributed by atoms with Crippen molar-refractivity contribution < 1.29 is 14.3 Å². The zero-order valence-corrected chi connectivity index (χ0v) is 14.7. The fraction of sp³-hybridized carbons (Fsp3) is 0.500. The molecule has 0 atom stereocenters. The minimum atomic E-state index is -0.280. The van der Waals surface area contributed by atoms with E-state index in [4.69, 9.17) is 10.5 Å². The van der Waals surface area contributed by atoms with Crippen molar-refractivity contribution in [3.63, 3.8) is 0 Å². The van der Waals surface area contributed by atoms with Crippen LogP contribution in [-0.4, -0.2) is 45.8 Å². The van der Waals surface area contributed by atoms with Gasteiger partial charge in [-0.25, -0.2) is 4.98 Å². The van der Waals surface area contributed by atoms with Gasteiger partial charge in [0.2, 0.25) is 5.91 Å². The van der Waals surface area contributed by atoms with Gasteiger partial charge in [0, 0.05) is 25.2 Å². The maximum Gasteiger partial charge on any atom is 0.272 e. The Morgan fingerprint density at radius 1 is 1.32 bits per heavy atom. The highest BCUT2D eigenvalue weighted by Gasteiger charge is 2.29. The molecular weight excluding hydrogens is 320 g/mol. The van der Waals surface area contributed by atoms with Gasteiger partial charge in [0.25, 0.3) is 5.91 Å². The van der Waals surface area contributed by atoms with Crippen molar-refractivity contribution in [1.29, 1.82) is 0 Å². The van der Waals surface area contributed by atoms with Crippen molar-refractivity contribution in [2.24, 2.45) is 11.7 Å². The third kappa shape index (κ3) is 3.18. The number of nitrogens with zero attached hydrogens (tertiary/aromatic N) is 3. The van der Waals surface area contributed by atoms with E-state index in [1.54, 1.807) is 4.90 Å². The number of nitrogens with two attached hydrogens (primary N) is 1. The molecule has 0 radical (unpaired) electrons. The molecule has 2 aromatic rings. The standard InChI is InChI=1S/C18H24N4O3/c1-3-13-15(18(24)21-10-7-12(8-11-21)16(19)23)22-9-5-6-14(25-4-2)17(22)20-13/h5-6,9,12H,3-4,7-8,10-11H2,1-2H3,(H2,19,23). The van der Waals surface area contributed by atoms with E-state index in [2.05, 4.69) is 4.98 Å². The summed E-state index contributed by atoms with van der Waals surface area (Å²) in [5, 5.41) is 0. The van der Waals surface area contributed by atoms with Gasteiger partial charge in [-0.15, -0.1) is 0 Å². The highest BCUT2D eigenvalue weighted by molar-refractivity contribution is 5.95. The molecule has 2 amide bonds. The van der Waals surface area contributed by atoms with Crippen LogP contribution in [0, 0.1) is 5.92 Å². The van der Waals surface area contributed by atoms with Gasteiger partial charge < -0.3 is 15.4 Å². The number of amides is 2. The molecule has 0 spiro atoms. The van der Waals surface area contributed by atoms with Crippen LogP contribution in [0.5, 0.6) is 5.75 Å². The molecular formula is C18H24N4O3. The first-order valence-electron chi connectivity index (χ1n) is 8.78. The maximum absolute atomic E-state index is 13.1. The molecule has 0 bridgehead atoms. The Kier molecular flexibility index (Phi) is 4.92. The Labute approximate surface area is 146 Å². The monoisotopic (exact) mass is 344 g/mol. The maximum atomic E-state index is 13.1. The van der Waals surface area contributed by atoms with Crippen LogP contribution in [0.3, 0.4) is 0 Å². The number of hydrogen-bond donors (Lipinski definition) is 1. The predicted molar refractivity (Wildman–Crippen MR) is 93.6 cm³/mol. The minimum Gasteiger partial charge on any atom is -0.490 e. The predicted octanol–water partition coefficient (Wildman–Crippen LogP) is 1.63. The van der Waals surface area contributed by atoms with Crippen molar-refractivity contribution >= 4 is 17.5 Å². The van der Waals surface area contributed by atoms with Gasteiger partial charge in [0.15, 0.2) is 11.4 Å². The average Bonchev–Trinajstić information content (AvgIpc) is 3.01. The number of fused-ring (bicyclic) bond motifs is 1. The van der Waals surface area contributed by atoms with E-state index in [9.17, 15) is 9.59 Å². The normalized spacial score (nSPS) is 15.5. The zero-order valence-electron chi connectivity index (χ0n) is 14.7. The Hall–Kier alpha value is -2.57. The van der Waals surface area contributed by atoms with Gasteiger partial charge in [-0.1, -0.05) is 6.92 Å². The number of hydrogen-bond acceptors (Lipinski definition) is 4. The molecule has 0 unspecified atom stereocenters. The van der Waals surface area contributed by atoms with Crippen molar-refractivity contribution in [3.05, 3.63) is 29.7 Å². The summed E-state index contributed by atoms with van der Waals surface area (Å²) in [6.45, 7) is 5.51. The molecule has 7 nitrogen and oxygen atoms in total. The fourth-order valence-electron chi connectivity index (χ4n) is 3.35. The van der Waals surface area contributed by atoms with Crippen molar-refractivity contribution in [3.8, 4) is 5.75 Å². The molecule has 3 rings (SSSR count). The van der Waals surface area contributed by atoms with E-state index in [1.807, 2.05) is 36.6 Å². The van der Waals surface area contributed by atoms with Crippen molar-refractivity contribution in [1.82, 2.24) is 14.3 Å². The van der Waals surface area contributed by atoms with E-state index in [-0.39, 0.29) is 17.7 Å². The third-order valence-electron chi connectivity index (χ3n) is 4.71. The summed E-state index contributed by atoms with van der Waals surface area (Å²) in [4.78, 5) is 30.8. The topological polar surface area (TPSA) is 89.9 Å².